The van der Waals surface area contributed by atoms with Crippen molar-refractivity contribution in [2.45, 2.75) is 136 Å². The summed E-state index contributed by atoms with van der Waals surface area (Å²) < 4.78 is 34.6. The lowest BCUT2D eigenvalue weighted by Gasteiger charge is -2.46. The van der Waals surface area contributed by atoms with Crippen LogP contribution in [0.1, 0.15) is 139 Å². The van der Waals surface area contributed by atoms with Gasteiger partial charge in [0.1, 0.15) is 6.10 Å². The van der Waals surface area contributed by atoms with E-state index in [4.69, 9.17) is 4.74 Å². The van der Waals surface area contributed by atoms with Gasteiger partial charge in [0.25, 0.3) is 0 Å². The van der Waals surface area contributed by atoms with Crippen LogP contribution < -0.4 is 0 Å². The second-order valence-corrected chi connectivity index (χ2v) is 16.6. The molecule has 0 unspecified atom stereocenters. The van der Waals surface area contributed by atoms with Gasteiger partial charge in [-0.25, -0.2) is 13.6 Å². The van der Waals surface area contributed by atoms with Crippen LogP contribution in [0.3, 0.4) is 0 Å². The summed E-state index contributed by atoms with van der Waals surface area (Å²) in [6.07, 6.45) is 8.64. The van der Waals surface area contributed by atoms with Gasteiger partial charge in [0.15, 0.2) is 17.4 Å². The fourth-order valence-electron chi connectivity index (χ4n) is 9.26. The molecule has 6 nitrogen and oxygen atoms in total. The van der Waals surface area contributed by atoms with Crippen molar-refractivity contribution in [3.05, 3.63) is 81.9 Å². The highest BCUT2D eigenvalue weighted by atomic mass is 19.2. The van der Waals surface area contributed by atoms with E-state index in [1.54, 1.807) is 11.0 Å². The molecule has 2 fully saturated rings. The smallest absolute Gasteiger partial charge is 0.410 e. The molecular weight excluding hydrogens is 648 g/mol. The zero-order valence-corrected chi connectivity index (χ0v) is 31.5. The van der Waals surface area contributed by atoms with Crippen LogP contribution in [0.2, 0.25) is 0 Å². The van der Waals surface area contributed by atoms with Gasteiger partial charge in [0.05, 0.1) is 18.2 Å². The maximum Gasteiger partial charge on any atom is 0.410 e. The quantitative estimate of drug-likeness (QED) is 0.211. The first kappa shape index (κ1) is 39.1. The highest BCUT2D eigenvalue weighted by Gasteiger charge is 2.58. The molecule has 1 amide bonds. The minimum atomic E-state index is -1.29. The Bertz CT molecular complexity index is 1590. The second-order valence-electron chi connectivity index (χ2n) is 16.6. The number of fused-ring (bicyclic) bond motifs is 8. The number of aliphatic hydroxyl groups excluding tert-OH is 1. The highest BCUT2D eigenvalue weighted by molar-refractivity contribution is 6.10. The number of benzene rings is 2. The zero-order chi connectivity index (χ0) is 37.1. The summed E-state index contributed by atoms with van der Waals surface area (Å²) in [6.45, 7) is 13.3. The molecular formula is C43H59F2NO5. The van der Waals surface area contributed by atoms with Crippen LogP contribution in [0, 0.1) is 34.8 Å². The van der Waals surface area contributed by atoms with E-state index in [2.05, 4.69) is 40.7 Å². The molecule has 7 atom stereocenters. The molecule has 0 aromatic heterocycles. The Labute approximate surface area is 303 Å². The minimum absolute atomic E-state index is 0.0380. The van der Waals surface area contributed by atoms with Gasteiger partial charge in [-0.2, -0.15) is 0 Å². The van der Waals surface area contributed by atoms with Gasteiger partial charge in [-0.3, -0.25) is 4.79 Å². The number of halogens is 2. The molecule has 0 aliphatic heterocycles. The van der Waals surface area contributed by atoms with Crippen LogP contribution in [0.15, 0.2) is 48.0 Å². The summed E-state index contributed by atoms with van der Waals surface area (Å²) >= 11 is 0. The van der Waals surface area contributed by atoms with Crippen LogP contribution in [0.4, 0.5) is 13.6 Å². The molecule has 0 radical (unpaired) electrons. The summed E-state index contributed by atoms with van der Waals surface area (Å²) in [5, 5.41) is 23.8. The molecule has 6 rings (SSSR count). The number of carbonyl (C=O) groups is 2. The SMILES string of the molecule is CCCN(C[C@]1(O)CC[C@H]2c3ccc(cc3C(=O)c3ccc(F)c(F)c3)C[C@@H](O)CCC(C)=CCC[C@@]21C)C(=O)O[C@H]1C[C@@H](C)CC[C@@H]1C(C)C. The fraction of sp³-hybridized carbons (Fsp3) is 0.628. The summed E-state index contributed by atoms with van der Waals surface area (Å²) in [6, 6.07) is 8.84. The van der Waals surface area contributed by atoms with Gasteiger partial charge in [-0.15, -0.1) is 0 Å². The number of hydrogen-bond acceptors (Lipinski definition) is 5. The summed E-state index contributed by atoms with van der Waals surface area (Å²) in [5.74, 6) is -1.64. The Morgan fingerprint density at radius 2 is 1.80 bits per heavy atom. The first-order valence-electron chi connectivity index (χ1n) is 19.3. The van der Waals surface area contributed by atoms with Gasteiger partial charge < -0.3 is 19.8 Å². The third kappa shape index (κ3) is 8.59. The van der Waals surface area contributed by atoms with Gasteiger partial charge in [-0.1, -0.05) is 64.8 Å². The maximum atomic E-state index is 14.4. The van der Waals surface area contributed by atoms with Crippen molar-refractivity contribution >= 4 is 11.9 Å². The first-order valence-corrected chi connectivity index (χ1v) is 19.3. The minimum Gasteiger partial charge on any atom is -0.446 e. The predicted octanol–water partition coefficient (Wildman–Crippen LogP) is 9.54. The first-order chi connectivity index (χ1) is 24.2. The standard InChI is InChI=1S/C43H59F2NO5/c1-7-21-46(41(49)51-39-22-29(5)11-15-33(39)27(2)3)26-43(50)20-18-36-34-16-12-30(23-32(47)14-10-28(4)9-8-19-42(36,43)6)24-35(34)40(48)31-13-17-37(44)38(45)25-31/h9,12-13,16-17,24-25,27,29,32-33,36,39,47,50H,7-8,10-11,14-15,18-23,26H2,1-6H3/t29-,32-,33+,36-,39-,42-,43+/m0/s1. The zero-order valence-electron chi connectivity index (χ0n) is 31.5. The van der Waals surface area contributed by atoms with Gasteiger partial charge >= 0.3 is 6.09 Å². The van der Waals surface area contributed by atoms with E-state index in [1.165, 1.54) is 11.6 Å². The Morgan fingerprint density at radius 3 is 2.51 bits per heavy atom. The number of nitrogens with zero attached hydrogens (tertiary/aromatic N) is 1. The molecule has 8 heteroatoms. The number of amides is 1. The third-order valence-corrected chi connectivity index (χ3v) is 12.5. The maximum absolute atomic E-state index is 14.4. The largest absolute Gasteiger partial charge is 0.446 e. The van der Waals surface area contributed by atoms with Crippen molar-refractivity contribution in [1.82, 2.24) is 4.90 Å². The van der Waals surface area contributed by atoms with Crippen molar-refractivity contribution in [1.29, 1.82) is 0 Å². The van der Waals surface area contributed by atoms with Gasteiger partial charge in [0.2, 0.25) is 0 Å². The van der Waals surface area contributed by atoms with Crippen molar-refractivity contribution < 1.29 is 33.3 Å². The van der Waals surface area contributed by atoms with E-state index in [0.717, 1.165) is 48.9 Å². The molecule has 4 aliphatic carbocycles. The van der Waals surface area contributed by atoms with Crippen LogP contribution in [0.5, 0.6) is 0 Å². The molecule has 0 heterocycles. The van der Waals surface area contributed by atoms with E-state index in [-0.39, 0.29) is 30.2 Å². The molecule has 51 heavy (non-hydrogen) atoms. The Balaban J connectivity index is 1.53. The highest BCUT2D eigenvalue weighted by Crippen LogP contribution is 2.59. The monoisotopic (exact) mass is 707 g/mol. The molecule has 0 spiro atoms. The summed E-state index contributed by atoms with van der Waals surface area (Å²) in [7, 11) is 0. The lowest BCUT2D eigenvalue weighted by atomic mass is 9.64. The lowest BCUT2D eigenvalue weighted by Crippen LogP contribution is -2.54. The van der Waals surface area contributed by atoms with Crippen LogP contribution in [0.25, 0.3) is 0 Å². The number of ether oxygens (including phenoxy) is 1. The third-order valence-electron chi connectivity index (χ3n) is 12.5. The van der Waals surface area contributed by atoms with Crippen molar-refractivity contribution in [2.24, 2.45) is 23.2 Å². The normalized spacial score (nSPS) is 30.0. The topological polar surface area (TPSA) is 87.1 Å². The molecule has 2 N–H and O–H groups in total. The average molecular weight is 708 g/mol. The number of carbonyl (C=O) groups excluding carboxylic acids is 2. The molecule has 2 bridgehead atoms. The van der Waals surface area contributed by atoms with Crippen molar-refractivity contribution in [3.8, 4) is 0 Å². The average Bonchev–Trinajstić information content (AvgIpc) is 3.33. The number of allylic oxidation sites excluding steroid dienone is 2. The van der Waals surface area contributed by atoms with Gasteiger partial charge in [0, 0.05) is 23.1 Å². The van der Waals surface area contributed by atoms with E-state index in [9.17, 15) is 28.6 Å². The molecule has 4 aliphatic rings. The number of aliphatic hydroxyl groups is 2. The molecule has 280 valence electrons. The van der Waals surface area contributed by atoms with Crippen molar-refractivity contribution in [3.63, 3.8) is 0 Å². The Hall–Kier alpha value is -3.10. The number of ketones is 1. The number of hydrogen-bond donors (Lipinski definition) is 2. The van der Waals surface area contributed by atoms with Crippen molar-refractivity contribution in [2.75, 3.05) is 13.1 Å². The fourth-order valence-corrected chi connectivity index (χ4v) is 9.26. The molecule has 2 saturated carbocycles. The Kier molecular flexibility index (Phi) is 12.5. The van der Waals surface area contributed by atoms with Crippen LogP contribution >= 0.6 is 0 Å². The van der Waals surface area contributed by atoms with Crippen LogP contribution in [-0.4, -0.2) is 57.9 Å². The Morgan fingerprint density at radius 1 is 1.04 bits per heavy atom. The van der Waals surface area contributed by atoms with E-state index in [1.807, 2.05) is 19.1 Å². The number of rotatable bonds is 8. The molecule has 0 saturated heterocycles. The summed E-state index contributed by atoms with van der Waals surface area (Å²) in [5.41, 5.74) is 1.04. The second kappa shape index (κ2) is 16.3. The van der Waals surface area contributed by atoms with E-state index >= 15 is 0 Å². The van der Waals surface area contributed by atoms with Crippen LogP contribution in [-0.2, 0) is 11.2 Å². The van der Waals surface area contributed by atoms with E-state index in [0.29, 0.717) is 74.8 Å². The predicted molar refractivity (Wildman–Crippen MR) is 197 cm³/mol. The van der Waals surface area contributed by atoms with E-state index < -0.39 is 34.5 Å². The lowest BCUT2D eigenvalue weighted by molar-refractivity contribution is -0.0862. The van der Waals surface area contributed by atoms with Gasteiger partial charge in [-0.05, 0) is 130 Å². The summed E-state index contributed by atoms with van der Waals surface area (Å²) in [4.78, 5) is 29.9. The molecule has 2 aromatic carbocycles. The molecule has 2 aromatic rings.